The topological polar surface area (TPSA) is 38.7 Å². The molecule has 0 heterocycles. The van der Waals surface area contributed by atoms with Gasteiger partial charge in [0.15, 0.2) is 0 Å². The zero-order valence-corrected chi connectivity index (χ0v) is 26.8. The monoisotopic (exact) mass is 579 g/mol. The summed E-state index contributed by atoms with van der Waals surface area (Å²) in [7, 11) is 4.31. The molecule has 0 aromatic rings. The highest BCUT2D eigenvalue weighted by Gasteiger charge is 2.34. The molecule has 4 nitrogen and oxygen atoms in total. The van der Waals surface area contributed by atoms with Gasteiger partial charge in [-0.15, -0.1) is 0 Å². The van der Waals surface area contributed by atoms with E-state index in [0.717, 1.165) is 26.1 Å². The van der Waals surface area contributed by atoms with Crippen molar-refractivity contribution < 1.29 is 36.0 Å². The minimum atomic E-state index is -0.0242. The zero-order valence-electron chi connectivity index (χ0n) is 25.2. The summed E-state index contributed by atoms with van der Waals surface area (Å²) in [5, 5.41) is 9.56. The first-order chi connectivity index (χ1) is 17.0. The standard InChI is InChI=1S/C31H66NO3.BrH/c1-6-8-10-12-14-16-18-20-22-24-28-34-30(3)31(32(4,5)26-27-33)35-29-25-23-21-19-17-15-13-11-9-7-2;/h30-31,33H,6-29H2,1-5H3;1H/q+1;/p-1. The Balaban J connectivity index is 0. The van der Waals surface area contributed by atoms with Crippen LogP contribution in [0.25, 0.3) is 0 Å². The molecule has 0 spiro atoms. The van der Waals surface area contributed by atoms with E-state index in [0.29, 0.717) is 11.0 Å². The second kappa shape index (κ2) is 28.3. The van der Waals surface area contributed by atoms with Crippen molar-refractivity contribution in [3.63, 3.8) is 0 Å². The van der Waals surface area contributed by atoms with Crippen LogP contribution in [0.15, 0.2) is 0 Å². The molecule has 220 valence electrons. The molecule has 5 heteroatoms. The van der Waals surface area contributed by atoms with Gasteiger partial charge in [0.25, 0.3) is 0 Å². The molecule has 0 radical (unpaired) electrons. The third kappa shape index (κ3) is 23.4. The van der Waals surface area contributed by atoms with Crippen molar-refractivity contribution in [1.29, 1.82) is 0 Å². The summed E-state index contributed by atoms with van der Waals surface area (Å²) in [6.07, 6.45) is 26.9. The highest BCUT2D eigenvalue weighted by molar-refractivity contribution is 4.59. The van der Waals surface area contributed by atoms with E-state index in [9.17, 15) is 5.11 Å². The van der Waals surface area contributed by atoms with Gasteiger partial charge in [-0.05, 0) is 19.8 Å². The molecule has 0 aromatic heterocycles. The molecule has 0 amide bonds. The number of hydrogen-bond acceptors (Lipinski definition) is 3. The first-order valence-corrected chi connectivity index (χ1v) is 15.7. The third-order valence-electron chi connectivity index (χ3n) is 7.43. The number of aliphatic hydroxyl groups excluding tert-OH is 1. The molecule has 0 aromatic carbocycles. The minimum Gasteiger partial charge on any atom is -1.00 e. The van der Waals surface area contributed by atoms with Crippen LogP contribution in [0.4, 0.5) is 0 Å². The molecule has 0 saturated carbocycles. The fourth-order valence-corrected chi connectivity index (χ4v) is 5.03. The van der Waals surface area contributed by atoms with E-state index in [1.165, 1.54) is 116 Å². The Bertz CT molecular complexity index is 423. The van der Waals surface area contributed by atoms with Crippen LogP contribution in [-0.4, -0.2) is 62.4 Å². The van der Waals surface area contributed by atoms with Gasteiger partial charge in [0.05, 0.1) is 27.3 Å². The van der Waals surface area contributed by atoms with E-state index in [-0.39, 0.29) is 35.9 Å². The lowest BCUT2D eigenvalue weighted by atomic mass is 10.1. The van der Waals surface area contributed by atoms with Gasteiger partial charge in [-0.25, -0.2) is 0 Å². The molecule has 0 aliphatic carbocycles. The largest absolute Gasteiger partial charge is 1.00 e. The van der Waals surface area contributed by atoms with Crippen LogP contribution in [0, 0.1) is 0 Å². The maximum atomic E-state index is 9.56. The highest BCUT2D eigenvalue weighted by atomic mass is 79.9. The summed E-state index contributed by atoms with van der Waals surface area (Å²) in [4.78, 5) is 0. The van der Waals surface area contributed by atoms with Crippen molar-refractivity contribution in [1.82, 2.24) is 0 Å². The fraction of sp³-hybridized carbons (Fsp3) is 1.00. The summed E-state index contributed by atoms with van der Waals surface area (Å²) in [6, 6.07) is 0. The Hall–Kier alpha value is 0.320. The van der Waals surface area contributed by atoms with E-state index in [1.54, 1.807) is 0 Å². The Kier molecular flexibility index (Phi) is 30.3. The molecule has 0 bridgehead atoms. The predicted octanol–water partition coefficient (Wildman–Crippen LogP) is 5.65. The Morgan fingerprint density at radius 2 is 0.889 bits per heavy atom. The van der Waals surface area contributed by atoms with Crippen LogP contribution in [-0.2, 0) is 9.47 Å². The lowest BCUT2D eigenvalue weighted by Gasteiger charge is -2.40. The Morgan fingerprint density at radius 1 is 0.556 bits per heavy atom. The number of hydrogen-bond donors (Lipinski definition) is 1. The number of likely N-dealkylation sites (N-methyl/N-ethyl adjacent to an activating group) is 1. The van der Waals surface area contributed by atoms with E-state index in [2.05, 4.69) is 34.9 Å². The Labute approximate surface area is 237 Å². The second-order valence-corrected chi connectivity index (χ2v) is 11.4. The summed E-state index contributed by atoms with van der Waals surface area (Å²) < 4.78 is 13.3. The molecule has 36 heavy (non-hydrogen) atoms. The molecular formula is C31H66BrNO3. The molecule has 2 unspecified atom stereocenters. The van der Waals surface area contributed by atoms with E-state index in [4.69, 9.17) is 9.47 Å². The Morgan fingerprint density at radius 3 is 1.25 bits per heavy atom. The van der Waals surface area contributed by atoms with Gasteiger partial charge in [0, 0.05) is 6.61 Å². The molecule has 0 saturated heterocycles. The van der Waals surface area contributed by atoms with Gasteiger partial charge < -0.3 is 31.6 Å². The van der Waals surface area contributed by atoms with Gasteiger partial charge in [-0.1, -0.05) is 129 Å². The molecule has 0 aliphatic rings. The SMILES string of the molecule is CCCCCCCCCCCCOC(C)C(OCCCCCCCCCCCC)[N+](C)(C)CCO.[Br-]. The van der Waals surface area contributed by atoms with Crippen LogP contribution in [0.3, 0.4) is 0 Å². The number of nitrogens with zero attached hydrogens (tertiary/aromatic N) is 1. The van der Waals surface area contributed by atoms with Crippen LogP contribution in [0.5, 0.6) is 0 Å². The normalized spacial score (nSPS) is 13.5. The number of quaternary nitrogens is 1. The van der Waals surface area contributed by atoms with Crippen LogP contribution in [0.1, 0.15) is 149 Å². The van der Waals surface area contributed by atoms with E-state index >= 15 is 0 Å². The van der Waals surface area contributed by atoms with Gasteiger partial charge in [0.1, 0.15) is 12.6 Å². The van der Waals surface area contributed by atoms with Crippen molar-refractivity contribution >= 4 is 0 Å². The minimum absolute atomic E-state index is 0. The summed E-state index contributed by atoms with van der Waals surface area (Å²) in [6.45, 7) is 9.18. The van der Waals surface area contributed by atoms with Crippen LogP contribution in [0.2, 0.25) is 0 Å². The second-order valence-electron chi connectivity index (χ2n) is 11.4. The highest BCUT2D eigenvalue weighted by Crippen LogP contribution is 2.18. The maximum Gasteiger partial charge on any atom is 0.219 e. The van der Waals surface area contributed by atoms with E-state index in [1.807, 2.05) is 0 Å². The first-order valence-electron chi connectivity index (χ1n) is 15.7. The quantitative estimate of drug-likeness (QED) is 0.0739. The number of ether oxygens (including phenoxy) is 2. The van der Waals surface area contributed by atoms with E-state index < -0.39 is 0 Å². The van der Waals surface area contributed by atoms with Crippen molar-refractivity contribution in [2.45, 2.75) is 162 Å². The lowest BCUT2D eigenvalue weighted by Crippen LogP contribution is -3.00. The number of halogens is 1. The molecule has 1 N–H and O–H groups in total. The molecule has 0 fully saturated rings. The van der Waals surface area contributed by atoms with Crippen LogP contribution >= 0.6 is 0 Å². The van der Waals surface area contributed by atoms with Crippen molar-refractivity contribution in [3.05, 3.63) is 0 Å². The van der Waals surface area contributed by atoms with Gasteiger partial charge in [-0.2, -0.15) is 0 Å². The van der Waals surface area contributed by atoms with Crippen molar-refractivity contribution in [2.75, 3.05) is 40.5 Å². The van der Waals surface area contributed by atoms with Gasteiger partial charge in [-0.3, -0.25) is 4.48 Å². The zero-order chi connectivity index (χ0) is 26.0. The lowest BCUT2D eigenvalue weighted by molar-refractivity contribution is -0.941. The molecule has 0 rings (SSSR count). The average molecular weight is 581 g/mol. The average Bonchev–Trinajstić information content (AvgIpc) is 2.83. The van der Waals surface area contributed by atoms with Crippen molar-refractivity contribution in [2.24, 2.45) is 0 Å². The predicted molar refractivity (Wildman–Crippen MR) is 153 cm³/mol. The van der Waals surface area contributed by atoms with Gasteiger partial charge >= 0.3 is 0 Å². The summed E-state index contributed by atoms with van der Waals surface area (Å²) in [5.74, 6) is 0. The number of rotatable bonds is 28. The maximum absolute atomic E-state index is 9.56. The number of unbranched alkanes of at least 4 members (excludes halogenated alkanes) is 18. The third-order valence-corrected chi connectivity index (χ3v) is 7.43. The van der Waals surface area contributed by atoms with Gasteiger partial charge in [0.2, 0.25) is 6.23 Å². The number of aliphatic hydroxyl groups is 1. The summed E-state index contributed by atoms with van der Waals surface area (Å²) in [5.41, 5.74) is 0. The summed E-state index contributed by atoms with van der Waals surface area (Å²) >= 11 is 0. The van der Waals surface area contributed by atoms with Crippen molar-refractivity contribution in [3.8, 4) is 0 Å². The van der Waals surface area contributed by atoms with Crippen LogP contribution < -0.4 is 17.0 Å². The molecule has 0 aliphatic heterocycles. The fourth-order valence-electron chi connectivity index (χ4n) is 5.03. The molecule has 2 atom stereocenters. The molecular weight excluding hydrogens is 514 g/mol. The first kappa shape index (κ1) is 38.5. The smallest absolute Gasteiger partial charge is 0.219 e.